The van der Waals surface area contributed by atoms with E-state index in [2.05, 4.69) is 36.9 Å². The number of nitrogens with zero attached hydrogens (tertiary/aromatic N) is 1. The molecule has 1 aromatic heterocycles. The van der Waals surface area contributed by atoms with E-state index in [0.29, 0.717) is 13.0 Å². The molecule has 6 heteroatoms. The summed E-state index contributed by atoms with van der Waals surface area (Å²) in [4.78, 5) is 26.8. The van der Waals surface area contributed by atoms with Crippen LogP contribution in [-0.4, -0.2) is 31.4 Å². The molecule has 29 heavy (non-hydrogen) atoms. The van der Waals surface area contributed by atoms with Crippen LogP contribution < -0.4 is 9.64 Å². The lowest BCUT2D eigenvalue weighted by atomic mass is 10.2. The van der Waals surface area contributed by atoms with Crippen molar-refractivity contribution in [2.24, 2.45) is 0 Å². The van der Waals surface area contributed by atoms with E-state index >= 15 is 0 Å². The van der Waals surface area contributed by atoms with Gasteiger partial charge in [-0.1, -0.05) is 49.7 Å². The van der Waals surface area contributed by atoms with Gasteiger partial charge >= 0.3 is 5.97 Å². The highest BCUT2D eigenvalue weighted by molar-refractivity contribution is 7.99. The number of thioether (sulfide) groups is 1. The quantitative estimate of drug-likeness (QED) is 0.216. The van der Waals surface area contributed by atoms with Gasteiger partial charge in [0.25, 0.3) is 0 Å². The Morgan fingerprint density at radius 2 is 1.79 bits per heavy atom. The number of hydrogen-bond donors (Lipinski definition) is 0. The fraction of sp³-hybridized carbons (Fsp3) is 0.565. The van der Waals surface area contributed by atoms with Crippen LogP contribution in [0.5, 0.6) is 0 Å². The number of anilines is 1. The number of carbonyl (C=O) groups is 1. The normalized spacial score (nSPS) is 11.0. The Labute approximate surface area is 182 Å². The van der Waals surface area contributed by atoms with Crippen molar-refractivity contribution in [3.8, 4) is 0 Å². The van der Waals surface area contributed by atoms with Crippen LogP contribution in [0.2, 0.25) is 0 Å². The molecule has 0 radical (unpaired) electrons. The number of esters is 1. The van der Waals surface area contributed by atoms with E-state index in [1.165, 1.54) is 22.4 Å². The molecule has 0 unspecified atom stereocenters. The summed E-state index contributed by atoms with van der Waals surface area (Å²) in [6, 6.07) is 8.16. The smallest absolute Gasteiger partial charge is 0.305 e. The predicted molar refractivity (Wildman–Crippen MR) is 127 cm³/mol. The lowest BCUT2D eigenvalue weighted by molar-refractivity contribution is -0.143. The minimum Gasteiger partial charge on any atom is -0.466 e. The van der Waals surface area contributed by atoms with Crippen LogP contribution in [0.25, 0.3) is 10.1 Å². The zero-order valence-corrected chi connectivity index (χ0v) is 19.5. The Hall–Kier alpha value is -1.53. The van der Waals surface area contributed by atoms with Gasteiger partial charge in [0, 0.05) is 35.9 Å². The molecular weight excluding hydrogens is 402 g/mol. The van der Waals surface area contributed by atoms with Crippen molar-refractivity contribution in [2.75, 3.05) is 30.3 Å². The molecule has 0 aliphatic heterocycles. The molecule has 0 atom stereocenters. The number of benzene rings is 1. The number of fused-ring (bicyclic) bond motifs is 1. The molecule has 4 nitrogen and oxygen atoms in total. The average molecular weight is 436 g/mol. The molecule has 0 saturated heterocycles. The predicted octanol–water partition coefficient (Wildman–Crippen LogP) is 6.10. The third kappa shape index (κ3) is 7.34. The van der Waals surface area contributed by atoms with Gasteiger partial charge in [0.15, 0.2) is 0 Å². The van der Waals surface area contributed by atoms with Crippen LogP contribution in [0.4, 0.5) is 5.69 Å². The van der Waals surface area contributed by atoms with E-state index in [0.717, 1.165) is 60.5 Å². The first-order valence-electron chi connectivity index (χ1n) is 10.7. The van der Waals surface area contributed by atoms with Crippen molar-refractivity contribution in [2.45, 2.75) is 64.2 Å². The minimum atomic E-state index is -0.112. The first kappa shape index (κ1) is 23.7. The number of hydrogen-bond acceptors (Lipinski definition) is 6. The molecule has 0 N–H and O–H groups in total. The molecule has 0 aliphatic rings. The summed E-state index contributed by atoms with van der Waals surface area (Å²) in [5, 5.41) is 1.20. The second-order valence-electron chi connectivity index (χ2n) is 6.95. The lowest BCUT2D eigenvalue weighted by Gasteiger charge is -2.22. The monoisotopic (exact) mass is 435 g/mol. The molecule has 160 valence electrons. The van der Waals surface area contributed by atoms with Gasteiger partial charge in [-0.25, -0.2) is 0 Å². The maximum absolute atomic E-state index is 12.3. The second-order valence-corrected chi connectivity index (χ2v) is 9.10. The third-order valence-electron chi connectivity index (χ3n) is 4.91. The summed E-state index contributed by atoms with van der Waals surface area (Å²) in [5.41, 5.74) is 1.17. The van der Waals surface area contributed by atoms with Gasteiger partial charge in [-0.15, -0.1) is 11.8 Å². The first-order chi connectivity index (χ1) is 14.1. The Bertz CT molecular complexity index is 830. The Morgan fingerprint density at radius 1 is 1.07 bits per heavy atom. The molecule has 0 fully saturated rings. The van der Waals surface area contributed by atoms with Crippen molar-refractivity contribution >= 4 is 44.8 Å². The van der Waals surface area contributed by atoms with Gasteiger partial charge in [-0.05, 0) is 38.5 Å². The Morgan fingerprint density at radius 3 is 2.52 bits per heavy atom. The number of carbonyl (C=O) groups excluding carboxylic acids is 1. The summed E-state index contributed by atoms with van der Waals surface area (Å²) >= 11 is 3.15. The highest BCUT2D eigenvalue weighted by Gasteiger charge is 2.12. The molecule has 0 saturated carbocycles. The maximum atomic E-state index is 12.3. The van der Waals surface area contributed by atoms with Crippen LogP contribution in [0.3, 0.4) is 0 Å². The fourth-order valence-corrected chi connectivity index (χ4v) is 5.47. The van der Waals surface area contributed by atoms with Crippen molar-refractivity contribution in [3.63, 3.8) is 0 Å². The Balaban J connectivity index is 1.87. The summed E-state index contributed by atoms with van der Waals surface area (Å²) in [6.07, 6.45) is 5.93. The molecule has 2 rings (SSSR count). The molecule has 2 aromatic rings. The first-order valence-corrected chi connectivity index (χ1v) is 12.5. The molecule has 1 heterocycles. The average Bonchev–Trinajstić information content (AvgIpc) is 2.73. The molecular formula is C23H33NO3S2. The molecule has 1 aromatic carbocycles. The van der Waals surface area contributed by atoms with E-state index < -0.39 is 0 Å². The van der Waals surface area contributed by atoms with Gasteiger partial charge in [0.2, 0.25) is 4.74 Å². The summed E-state index contributed by atoms with van der Waals surface area (Å²) in [5.74, 6) is 0.906. The summed E-state index contributed by atoms with van der Waals surface area (Å²) in [6.45, 7) is 8.53. The number of rotatable bonds is 13. The van der Waals surface area contributed by atoms with Gasteiger partial charge < -0.3 is 9.64 Å². The van der Waals surface area contributed by atoms with E-state index in [1.54, 1.807) is 17.8 Å². The van der Waals surface area contributed by atoms with E-state index in [4.69, 9.17) is 4.74 Å². The number of ether oxygens (including phenoxy) is 1. The minimum absolute atomic E-state index is 0.112. The largest absolute Gasteiger partial charge is 0.466 e. The van der Waals surface area contributed by atoms with Crippen LogP contribution >= 0.6 is 23.1 Å². The lowest BCUT2D eigenvalue weighted by Crippen LogP contribution is -2.22. The maximum Gasteiger partial charge on any atom is 0.305 e. The van der Waals surface area contributed by atoms with Crippen LogP contribution in [0.1, 0.15) is 59.3 Å². The standard InChI is InChI=1S/C23H33NO3S2/c1-4-21(25)27-15-10-8-7-9-11-16-28-20-17-22(26)29-23-18(20)13-12-14-19(23)24(5-2)6-3/h12-14,17H,4-11,15-16H2,1-3H3. The molecule has 0 spiro atoms. The van der Waals surface area contributed by atoms with Crippen LogP contribution in [0, 0.1) is 0 Å². The van der Waals surface area contributed by atoms with Crippen molar-refractivity contribution < 1.29 is 9.53 Å². The van der Waals surface area contributed by atoms with Crippen molar-refractivity contribution in [1.29, 1.82) is 0 Å². The zero-order valence-electron chi connectivity index (χ0n) is 17.9. The second kappa shape index (κ2) is 12.9. The van der Waals surface area contributed by atoms with Gasteiger partial charge in [0.05, 0.1) is 17.0 Å². The topological polar surface area (TPSA) is 46.6 Å². The molecule has 0 aliphatic carbocycles. The van der Waals surface area contributed by atoms with Gasteiger partial charge in [-0.3, -0.25) is 9.59 Å². The van der Waals surface area contributed by atoms with E-state index in [-0.39, 0.29) is 10.7 Å². The SMILES string of the molecule is CCC(=O)OCCCCCCCSc1cc(=O)sc2c(N(CC)CC)cccc12. The number of unbranched alkanes of at least 4 members (excludes halogenated alkanes) is 4. The molecule has 0 amide bonds. The van der Waals surface area contributed by atoms with Crippen molar-refractivity contribution in [1.82, 2.24) is 0 Å². The fourth-order valence-electron chi connectivity index (χ4n) is 3.28. The summed E-state index contributed by atoms with van der Waals surface area (Å²) in [7, 11) is 0. The molecule has 0 bridgehead atoms. The highest BCUT2D eigenvalue weighted by Crippen LogP contribution is 2.35. The third-order valence-corrected chi connectivity index (χ3v) is 7.01. The highest BCUT2D eigenvalue weighted by atomic mass is 32.2. The zero-order chi connectivity index (χ0) is 21.1. The van der Waals surface area contributed by atoms with Crippen LogP contribution in [-0.2, 0) is 9.53 Å². The van der Waals surface area contributed by atoms with E-state index in [1.807, 2.05) is 6.92 Å². The Kier molecular flexibility index (Phi) is 10.6. The van der Waals surface area contributed by atoms with Crippen LogP contribution in [0.15, 0.2) is 34.0 Å². The summed E-state index contributed by atoms with van der Waals surface area (Å²) < 4.78 is 6.33. The van der Waals surface area contributed by atoms with E-state index in [9.17, 15) is 9.59 Å². The van der Waals surface area contributed by atoms with Gasteiger partial charge in [-0.2, -0.15) is 0 Å². The van der Waals surface area contributed by atoms with Crippen molar-refractivity contribution in [3.05, 3.63) is 33.8 Å². The van der Waals surface area contributed by atoms with Gasteiger partial charge in [0.1, 0.15) is 0 Å².